The van der Waals surface area contributed by atoms with E-state index in [9.17, 15) is 4.79 Å². The summed E-state index contributed by atoms with van der Waals surface area (Å²) < 4.78 is 5.12. The number of rotatable bonds is 1. The minimum absolute atomic E-state index is 0.0417. The van der Waals surface area contributed by atoms with Gasteiger partial charge in [-0.1, -0.05) is 5.16 Å². The van der Waals surface area contributed by atoms with Crippen molar-refractivity contribution in [3.63, 3.8) is 0 Å². The molecule has 1 amide bonds. The van der Waals surface area contributed by atoms with E-state index in [0.29, 0.717) is 13.0 Å². The van der Waals surface area contributed by atoms with Crippen molar-refractivity contribution in [3.05, 3.63) is 17.5 Å². The maximum atomic E-state index is 11.3. The molecule has 1 aliphatic heterocycles. The number of hydrogen-bond acceptors (Lipinski definition) is 4. The summed E-state index contributed by atoms with van der Waals surface area (Å²) in [6.45, 7) is 3.36. The molecular formula is C9H13N3O2. The van der Waals surface area contributed by atoms with E-state index in [0.717, 1.165) is 17.9 Å². The molecular weight excluding hydrogens is 182 g/mol. The van der Waals surface area contributed by atoms with Gasteiger partial charge in [0.15, 0.2) is 5.76 Å². The first-order valence-electron chi connectivity index (χ1n) is 4.68. The zero-order chi connectivity index (χ0) is 9.97. The van der Waals surface area contributed by atoms with Gasteiger partial charge in [-0.3, -0.25) is 4.79 Å². The van der Waals surface area contributed by atoms with Gasteiger partial charge in [0.25, 0.3) is 0 Å². The van der Waals surface area contributed by atoms with Crippen LogP contribution in [0.4, 0.5) is 0 Å². The Kier molecular flexibility index (Phi) is 2.49. The van der Waals surface area contributed by atoms with Crippen LogP contribution >= 0.6 is 0 Å². The van der Waals surface area contributed by atoms with Gasteiger partial charge < -0.3 is 15.2 Å². The molecule has 0 bridgehead atoms. The van der Waals surface area contributed by atoms with Crippen LogP contribution in [-0.2, 0) is 4.79 Å². The minimum Gasteiger partial charge on any atom is -0.359 e. The van der Waals surface area contributed by atoms with E-state index in [2.05, 4.69) is 15.8 Å². The average molecular weight is 195 g/mol. The smallest absolute Gasteiger partial charge is 0.222 e. The Morgan fingerprint density at radius 3 is 3.14 bits per heavy atom. The van der Waals surface area contributed by atoms with Crippen molar-refractivity contribution in [3.8, 4) is 0 Å². The third-order valence-corrected chi connectivity index (χ3v) is 2.33. The van der Waals surface area contributed by atoms with Crippen LogP contribution in [0.3, 0.4) is 0 Å². The van der Waals surface area contributed by atoms with Gasteiger partial charge in [-0.15, -0.1) is 0 Å². The maximum Gasteiger partial charge on any atom is 0.222 e. The molecule has 1 aliphatic rings. The van der Waals surface area contributed by atoms with Crippen LogP contribution < -0.4 is 10.6 Å². The van der Waals surface area contributed by atoms with Crippen LogP contribution in [0.1, 0.15) is 23.8 Å². The molecule has 0 spiro atoms. The summed E-state index contributed by atoms with van der Waals surface area (Å²) in [5.74, 6) is 0.817. The highest BCUT2D eigenvalue weighted by molar-refractivity contribution is 5.77. The fourth-order valence-electron chi connectivity index (χ4n) is 1.60. The summed E-state index contributed by atoms with van der Waals surface area (Å²) in [6, 6.07) is -0.0417. The molecule has 2 N–H and O–H groups in total. The largest absolute Gasteiger partial charge is 0.359 e. The van der Waals surface area contributed by atoms with Crippen molar-refractivity contribution in [2.24, 2.45) is 0 Å². The summed E-state index contributed by atoms with van der Waals surface area (Å²) in [5.41, 5.74) is 0.984. The molecule has 0 aromatic carbocycles. The predicted octanol–water partition coefficient (Wildman–Crippen LogP) is 0.134. The van der Waals surface area contributed by atoms with E-state index in [1.807, 2.05) is 6.92 Å². The van der Waals surface area contributed by atoms with E-state index in [1.54, 1.807) is 6.20 Å². The molecule has 5 heteroatoms. The van der Waals surface area contributed by atoms with Crippen LogP contribution in [0.15, 0.2) is 10.7 Å². The van der Waals surface area contributed by atoms with E-state index >= 15 is 0 Å². The molecule has 1 saturated heterocycles. The first kappa shape index (κ1) is 9.21. The normalized spacial score (nSPS) is 22.9. The van der Waals surface area contributed by atoms with Crippen molar-refractivity contribution < 1.29 is 9.32 Å². The predicted molar refractivity (Wildman–Crippen MR) is 49.6 cm³/mol. The summed E-state index contributed by atoms with van der Waals surface area (Å²) in [7, 11) is 0. The van der Waals surface area contributed by atoms with Crippen LogP contribution in [0.5, 0.6) is 0 Å². The zero-order valence-corrected chi connectivity index (χ0v) is 8.04. The monoisotopic (exact) mass is 195 g/mol. The Hall–Kier alpha value is -1.36. The van der Waals surface area contributed by atoms with Crippen molar-refractivity contribution in [1.29, 1.82) is 0 Å². The molecule has 1 aromatic heterocycles. The Morgan fingerprint density at radius 1 is 1.57 bits per heavy atom. The molecule has 5 nitrogen and oxygen atoms in total. The fraction of sp³-hybridized carbons (Fsp3) is 0.556. The van der Waals surface area contributed by atoms with Gasteiger partial charge in [0.05, 0.1) is 12.2 Å². The Bertz CT molecular complexity index is 335. The number of hydrogen-bond donors (Lipinski definition) is 2. The van der Waals surface area contributed by atoms with Gasteiger partial charge in [-0.25, -0.2) is 0 Å². The number of carbonyl (C=O) groups is 1. The number of aryl methyl sites for hydroxylation is 1. The van der Waals surface area contributed by atoms with Crippen LogP contribution in [0, 0.1) is 6.92 Å². The molecule has 1 unspecified atom stereocenters. The number of carbonyl (C=O) groups excluding carboxylic acids is 1. The molecule has 0 aliphatic carbocycles. The standard InChI is InChI=1S/C9H13N3O2/c1-6-5-12-14-9(6)7-4-8(13)11-3-2-10-7/h5,7,10H,2-4H2,1H3,(H,11,13). The van der Waals surface area contributed by atoms with E-state index < -0.39 is 0 Å². The lowest BCUT2D eigenvalue weighted by atomic mass is 10.1. The van der Waals surface area contributed by atoms with E-state index in [1.165, 1.54) is 0 Å². The second kappa shape index (κ2) is 3.79. The maximum absolute atomic E-state index is 11.3. The van der Waals surface area contributed by atoms with Crippen molar-refractivity contribution in [2.75, 3.05) is 13.1 Å². The van der Waals surface area contributed by atoms with Gasteiger partial charge in [-0.2, -0.15) is 0 Å². The van der Waals surface area contributed by atoms with Crippen LogP contribution in [0.25, 0.3) is 0 Å². The van der Waals surface area contributed by atoms with Gasteiger partial charge in [0.2, 0.25) is 5.91 Å². The lowest BCUT2D eigenvalue weighted by molar-refractivity contribution is -0.121. The van der Waals surface area contributed by atoms with Gasteiger partial charge >= 0.3 is 0 Å². The molecule has 1 aromatic rings. The van der Waals surface area contributed by atoms with Crippen molar-refractivity contribution >= 4 is 5.91 Å². The third-order valence-electron chi connectivity index (χ3n) is 2.33. The topological polar surface area (TPSA) is 67.2 Å². The Labute approximate surface area is 81.8 Å². The first-order valence-corrected chi connectivity index (χ1v) is 4.68. The zero-order valence-electron chi connectivity index (χ0n) is 8.04. The molecule has 76 valence electrons. The lowest BCUT2D eigenvalue weighted by Crippen LogP contribution is -2.24. The van der Waals surface area contributed by atoms with Gasteiger partial charge in [0.1, 0.15) is 0 Å². The number of nitrogens with one attached hydrogen (secondary N) is 2. The summed E-state index contributed by atoms with van der Waals surface area (Å²) in [5, 5.41) is 9.74. The second-order valence-corrected chi connectivity index (χ2v) is 3.43. The highest BCUT2D eigenvalue weighted by atomic mass is 16.5. The molecule has 14 heavy (non-hydrogen) atoms. The highest BCUT2D eigenvalue weighted by Gasteiger charge is 2.22. The second-order valence-electron chi connectivity index (χ2n) is 3.43. The quantitative estimate of drug-likeness (QED) is 0.668. The van der Waals surface area contributed by atoms with Crippen LogP contribution in [0.2, 0.25) is 0 Å². The van der Waals surface area contributed by atoms with Gasteiger partial charge in [0, 0.05) is 25.1 Å². The van der Waals surface area contributed by atoms with Crippen LogP contribution in [-0.4, -0.2) is 24.2 Å². The number of amides is 1. The fourth-order valence-corrected chi connectivity index (χ4v) is 1.60. The van der Waals surface area contributed by atoms with E-state index in [4.69, 9.17) is 4.52 Å². The Balaban J connectivity index is 2.17. The molecule has 1 fully saturated rings. The SMILES string of the molecule is Cc1cnoc1C1CC(=O)NCCN1. The van der Waals surface area contributed by atoms with E-state index in [-0.39, 0.29) is 11.9 Å². The Morgan fingerprint density at radius 2 is 2.43 bits per heavy atom. The lowest BCUT2D eigenvalue weighted by Gasteiger charge is -2.10. The van der Waals surface area contributed by atoms with Gasteiger partial charge in [-0.05, 0) is 6.92 Å². The minimum atomic E-state index is -0.0417. The molecule has 0 saturated carbocycles. The molecule has 2 rings (SSSR count). The molecule has 2 heterocycles. The average Bonchev–Trinajstić information content (AvgIpc) is 2.45. The number of aromatic nitrogens is 1. The van der Waals surface area contributed by atoms with Crippen molar-refractivity contribution in [2.45, 2.75) is 19.4 Å². The van der Waals surface area contributed by atoms with Crippen molar-refractivity contribution in [1.82, 2.24) is 15.8 Å². The summed E-state index contributed by atoms with van der Waals surface area (Å²) in [4.78, 5) is 11.3. The first-order chi connectivity index (χ1) is 6.77. The molecule has 1 atom stereocenters. The highest BCUT2D eigenvalue weighted by Crippen LogP contribution is 2.20. The summed E-state index contributed by atoms with van der Waals surface area (Å²) in [6.07, 6.45) is 2.08. The molecule has 0 radical (unpaired) electrons. The number of nitrogens with zero attached hydrogens (tertiary/aromatic N) is 1. The third kappa shape index (κ3) is 1.77. The summed E-state index contributed by atoms with van der Waals surface area (Å²) >= 11 is 0.